The number of rotatable bonds is 27. The first-order valence-electron chi connectivity index (χ1n) is 12.1. The highest BCUT2D eigenvalue weighted by Crippen LogP contribution is 2.35. The van der Waals surface area contributed by atoms with Gasteiger partial charge in [-0.05, 0) is 20.3 Å². The van der Waals surface area contributed by atoms with Crippen LogP contribution in [0.2, 0.25) is 0 Å². The lowest BCUT2D eigenvalue weighted by Crippen LogP contribution is -2.27. The van der Waals surface area contributed by atoms with Crippen molar-refractivity contribution in [2.75, 3.05) is 106 Å². The van der Waals surface area contributed by atoms with Crippen LogP contribution < -0.4 is 0 Å². The van der Waals surface area contributed by atoms with Crippen LogP contribution >= 0.6 is 7.82 Å². The maximum Gasteiger partial charge on any atom is 0.469 e. The monoisotopic (exact) mass is 548 g/mol. The van der Waals surface area contributed by atoms with Gasteiger partial charge in [-0.1, -0.05) is 6.92 Å². The molecule has 36 heavy (non-hydrogen) atoms. The van der Waals surface area contributed by atoms with Crippen LogP contribution in [0.15, 0.2) is 0 Å². The summed E-state index contributed by atoms with van der Waals surface area (Å²) in [6.07, 6.45) is 0.728. The summed E-state index contributed by atoms with van der Waals surface area (Å²) in [5.74, 6) is -0.211. The molecule has 0 aliphatic rings. The second-order valence-corrected chi connectivity index (χ2v) is 9.22. The van der Waals surface area contributed by atoms with Crippen LogP contribution in [0.25, 0.3) is 0 Å². The molecule has 0 amide bonds. The van der Waals surface area contributed by atoms with Crippen molar-refractivity contribution in [1.82, 2.24) is 0 Å². The summed E-state index contributed by atoms with van der Waals surface area (Å²) < 4.78 is 57.1. The fraction of sp³-hybridized carbons (Fsp3) is 0.955. The topological polar surface area (TPSA) is 158 Å². The van der Waals surface area contributed by atoms with E-state index in [4.69, 9.17) is 47.7 Å². The largest absolute Gasteiger partial charge is 0.469 e. The highest BCUT2D eigenvalue weighted by Gasteiger charge is 2.26. The Morgan fingerprint density at radius 2 is 0.861 bits per heavy atom. The third-order valence-electron chi connectivity index (χ3n) is 4.62. The number of esters is 1. The maximum atomic E-state index is 11.8. The first-order chi connectivity index (χ1) is 17.2. The van der Waals surface area contributed by atoms with Gasteiger partial charge in [0.1, 0.15) is 6.61 Å². The molecule has 0 aromatic heterocycles. The van der Waals surface area contributed by atoms with E-state index in [1.54, 1.807) is 0 Å². The average molecular weight is 549 g/mol. The molecular formula is C22H45O13P. The smallest absolute Gasteiger partial charge is 0.463 e. The Hall–Kier alpha value is -0.700. The molecule has 0 aromatic rings. The molecule has 0 unspecified atom stereocenters. The van der Waals surface area contributed by atoms with Gasteiger partial charge in [0.2, 0.25) is 0 Å². The second kappa shape index (κ2) is 23.4. The summed E-state index contributed by atoms with van der Waals surface area (Å²) in [7, 11) is -4.43. The van der Waals surface area contributed by atoms with Crippen LogP contribution in [0, 0.1) is 5.41 Å². The lowest BCUT2D eigenvalue weighted by molar-refractivity contribution is -0.155. The fourth-order valence-corrected chi connectivity index (χ4v) is 2.48. The molecule has 0 saturated carbocycles. The molecule has 0 saturated heterocycles. The first kappa shape index (κ1) is 35.3. The molecule has 14 heteroatoms. The molecule has 0 aromatic carbocycles. The van der Waals surface area contributed by atoms with Gasteiger partial charge in [-0.3, -0.25) is 9.32 Å². The van der Waals surface area contributed by atoms with Crippen LogP contribution in [0.5, 0.6) is 0 Å². The Morgan fingerprint density at radius 3 is 1.14 bits per heavy atom. The van der Waals surface area contributed by atoms with E-state index in [9.17, 15) is 9.36 Å². The zero-order chi connectivity index (χ0) is 27.0. The Labute approximate surface area is 214 Å². The highest BCUT2D eigenvalue weighted by atomic mass is 31.2. The minimum absolute atomic E-state index is 0.0766. The molecule has 0 atom stereocenters. The van der Waals surface area contributed by atoms with Gasteiger partial charge >= 0.3 is 13.8 Å². The van der Waals surface area contributed by atoms with Gasteiger partial charge in [0.15, 0.2) is 0 Å². The molecule has 2 N–H and O–H groups in total. The van der Waals surface area contributed by atoms with Crippen molar-refractivity contribution >= 4 is 13.8 Å². The summed E-state index contributed by atoms with van der Waals surface area (Å²) in [5, 5.41) is 0. The normalized spacial score (nSPS) is 12.2. The minimum Gasteiger partial charge on any atom is -0.463 e. The molecule has 0 bridgehead atoms. The zero-order valence-electron chi connectivity index (χ0n) is 21.9. The van der Waals surface area contributed by atoms with Gasteiger partial charge in [0.25, 0.3) is 0 Å². The van der Waals surface area contributed by atoms with Crippen molar-refractivity contribution in [1.29, 1.82) is 0 Å². The van der Waals surface area contributed by atoms with Crippen LogP contribution in [0.1, 0.15) is 27.2 Å². The molecule has 0 rings (SSSR count). The molecular weight excluding hydrogens is 503 g/mol. The second-order valence-electron chi connectivity index (χ2n) is 7.98. The number of carbonyl (C=O) groups excluding carboxylic acids is 1. The summed E-state index contributed by atoms with van der Waals surface area (Å²) in [6, 6.07) is 0. The van der Waals surface area contributed by atoms with E-state index in [1.165, 1.54) is 0 Å². The number of carbonyl (C=O) groups is 1. The van der Waals surface area contributed by atoms with E-state index < -0.39 is 13.2 Å². The van der Waals surface area contributed by atoms with E-state index in [2.05, 4.69) is 4.52 Å². The number of hydrogen-bond acceptors (Lipinski definition) is 11. The molecule has 0 aliphatic carbocycles. The van der Waals surface area contributed by atoms with Gasteiger partial charge in [-0.2, -0.15) is 0 Å². The van der Waals surface area contributed by atoms with Crippen LogP contribution in [-0.2, 0) is 51.8 Å². The standard InChI is InChI=1S/C22H45O13P/c1-4-22(2,3)21(23)34-19-17-32-15-13-30-11-9-28-7-5-27-6-8-29-10-12-31-14-16-33-18-20-35-36(24,25)26/h4-20H2,1-3H3,(H2,24,25,26). The average Bonchev–Trinajstić information content (AvgIpc) is 2.83. The summed E-state index contributed by atoms with van der Waals surface area (Å²) >= 11 is 0. The third kappa shape index (κ3) is 25.0. The summed E-state index contributed by atoms with van der Waals surface area (Å²) in [6.45, 7) is 11.2. The highest BCUT2D eigenvalue weighted by molar-refractivity contribution is 7.46. The van der Waals surface area contributed by atoms with E-state index in [0.717, 1.165) is 6.42 Å². The van der Waals surface area contributed by atoms with E-state index in [1.807, 2.05) is 20.8 Å². The van der Waals surface area contributed by atoms with Crippen molar-refractivity contribution in [3.05, 3.63) is 0 Å². The molecule has 0 aliphatic heterocycles. The summed E-state index contributed by atoms with van der Waals surface area (Å²) in [5.41, 5.74) is -0.463. The third-order valence-corrected chi connectivity index (χ3v) is 5.14. The lowest BCUT2D eigenvalue weighted by atomic mass is 9.91. The van der Waals surface area contributed by atoms with Crippen molar-refractivity contribution < 1.29 is 61.6 Å². The van der Waals surface area contributed by atoms with Gasteiger partial charge in [-0.15, -0.1) is 0 Å². The molecule has 0 heterocycles. The fourth-order valence-electron chi connectivity index (χ4n) is 2.17. The van der Waals surface area contributed by atoms with Crippen molar-refractivity contribution in [2.45, 2.75) is 27.2 Å². The Bertz CT molecular complexity index is 556. The quantitative estimate of drug-likeness (QED) is 0.0857. The predicted molar refractivity (Wildman–Crippen MR) is 129 cm³/mol. The lowest BCUT2D eigenvalue weighted by Gasteiger charge is -2.20. The van der Waals surface area contributed by atoms with E-state index >= 15 is 0 Å². The summed E-state index contributed by atoms with van der Waals surface area (Å²) in [4.78, 5) is 28.8. The first-order valence-corrected chi connectivity index (χ1v) is 13.6. The Balaban J connectivity index is 3.16. The molecule has 13 nitrogen and oxygen atoms in total. The Kier molecular flexibility index (Phi) is 23.0. The minimum atomic E-state index is -4.43. The van der Waals surface area contributed by atoms with Gasteiger partial charge in [0, 0.05) is 0 Å². The van der Waals surface area contributed by atoms with Crippen LogP contribution in [-0.4, -0.2) is 121 Å². The molecule has 0 spiro atoms. The van der Waals surface area contributed by atoms with Gasteiger partial charge < -0.3 is 47.7 Å². The number of phosphoric acid groups is 1. The predicted octanol–water partition coefficient (Wildman–Crippen LogP) is 1.19. The van der Waals surface area contributed by atoms with Crippen molar-refractivity contribution in [3.8, 4) is 0 Å². The van der Waals surface area contributed by atoms with Gasteiger partial charge in [0.05, 0.1) is 105 Å². The maximum absolute atomic E-state index is 11.8. The molecule has 216 valence electrons. The molecule has 0 radical (unpaired) electrons. The van der Waals surface area contributed by atoms with Crippen molar-refractivity contribution in [3.63, 3.8) is 0 Å². The van der Waals surface area contributed by atoms with Crippen LogP contribution in [0.4, 0.5) is 0 Å². The van der Waals surface area contributed by atoms with E-state index in [-0.39, 0.29) is 25.8 Å². The Morgan fingerprint density at radius 1 is 0.583 bits per heavy atom. The number of ether oxygens (including phenoxy) is 8. The van der Waals surface area contributed by atoms with Gasteiger partial charge in [-0.25, -0.2) is 4.57 Å². The van der Waals surface area contributed by atoms with E-state index in [0.29, 0.717) is 85.9 Å². The SMILES string of the molecule is CCC(C)(C)C(=O)OCCOCCOCCOCCOCCOCCOCCOCCOP(=O)(O)O. The molecule has 0 fully saturated rings. The number of hydrogen-bond donors (Lipinski definition) is 2. The van der Waals surface area contributed by atoms with Crippen molar-refractivity contribution in [2.24, 2.45) is 5.41 Å². The van der Waals surface area contributed by atoms with Crippen LogP contribution in [0.3, 0.4) is 0 Å². The zero-order valence-corrected chi connectivity index (χ0v) is 22.7. The number of phosphoric ester groups is 1.